The Labute approximate surface area is 130 Å². The zero-order valence-corrected chi connectivity index (χ0v) is 13.2. The Morgan fingerprint density at radius 2 is 1.86 bits per heavy atom. The molecule has 4 rings (SSSR count). The third-order valence-electron chi connectivity index (χ3n) is 4.50. The molecule has 1 heterocycles. The number of nitrogens with zero attached hydrogens (tertiary/aromatic N) is 1. The standard InChI is InChI=1S/C16H18N2O3S/c1-18-15(16(19)17-11-8-9-11)14(10-6-7-10)12-4-2-3-5-13(12)22(18,20)21/h2-5,10-11H,6-9H2,1H3,(H,17,19). The molecule has 1 aromatic rings. The molecule has 2 fully saturated rings. The van der Waals surface area contributed by atoms with Gasteiger partial charge in [-0.15, -0.1) is 0 Å². The smallest absolute Gasteiger partial charge is 0.269 e. The summed E-state index contributed by atoms with van der Waals surface area (Å²) in [6, 6.07) is 7.20. The van der Waals surface area contributed by atoms with E-state index in [4.69, 9.17) is 0 Å². The number of hydrogen-bond acceptors (Lipinski definition) is 3. The van der Waals surface area contributed by atoms with Crippen LogP contribution in [0, 0.1) is 5.92 Å². The molecule has 1 N–H and O–H groups in total. The number of rotatable bonds is 3. The van der Waals surface area contributed by atoms with Crippen molar-refractivity contribution in [3.05, 3.63) is 35.5 Å². The molecule has 0 saturated heterocycles. The van der Waals surface area contributed by atoms with Crippen molar-refractivity contribution in [1.29, 1.82) is 0 Å². The van der Waals surface area contributed by atoms with E-state index in [1.165, 1.54) is 11.4 Å². The second-order valence-corrected chi connectivity index (χ2v) is 8.19. The van der Waals surface area contributed by atoms with Crippen molar-refractivity contribution in [3.8, 4) is 0 Å². The number of amides is 1. The lowest BCUT2D eigenvalue weighted by Crippen LogP contribution is -2.40. The Morgan fingerprint density at radius 1 is 1.18 bits per heavy atom. The van der Waals surface area contributed by atoms with Gasteiger partial charge >= 0.3 is 0 Å². The summed E-state index contributed by atoms with van der Waals surface area (Å²) in [6.45, 7) is 0. The van der Waals surface area contributed by atoms with Gasteiger partial charge in [0.05, 0.1) is 4.90 Å². The maximum absolute atomic E-state index is 12.7. The zero-order chi connectivity index (χ0) is 15.5. The number of carbonyl (C=O) groups excluding carboxylic acids is 1. The fraction of sp³-hybridized carbons (Fsp3) is 0.438. The quantitative estimate of drug-likeness (QED) is 0.923. The molecule has 1 amide bonds. The molecule has 6 heteroatoms. The van der Waals surface area contributed by atoms with Gasteiger partial charge in [-0.1, -0.05) is 18.2 Å². The van der Waals surface area contributed by atoms with Crippen LogP contribution in [0.3, 0.4) is 0 Å². The molecule has 1 aromatic carbocycles. The first-order valence-electron chi connectivity index (χ1n) is 7.63. The summed E-state index contributed by atoms with van der Waals surface area (Å²) in [5, 5.41) is 2.93. The lowest BCUT2D eigenvalue weighted by molar-refractivity contribution is -0.118. The molecule has 0 atom stereocenters. The Bertz CT molecular complexity index is 789. The van der Waals surface area contributed by atoms with E-state index < -0.39 is 10.0 Å². The van der Waals surface area contributed by atoms with Gasteiger partial charge in [-0.25, -0.2) is 8.42 Å². The third-order valence-corrected chi connectivity index (χ3v) is 6.31. The molecule has 0 aromatic heterocycles. The van der Waals surface area contributed by atoms with E-state index in [9.17, 15) is 13.2 Å². The van der Waals surface area contributed by atoms with E-state index in [0.717, 1.165) is 31.3 Å². The van der Waals surface area contributed by atoms with Crippen LogP contribution in [0.4, 0.5) is 0 Å². The molecule has 0 radical (unpaired) electrons. The minimum Gasteiger partial charge on any atom is -0.348 e. The number of sulfonamides is 1. The summed E-state index contributed by atoms with van der Waals surface area (Å²) >= 11 is 0. The SMILES string of the molecule is CN1C(C(=O)NC2CC2)=C(C2CC2)c2ccccc2S1(=O)=O. The molecule has 0 bridgehead atoms. The maximum Gasteiger partial charge on any atom is 0.269 e. The largest absolute Gasteiger partial charge is 0.348 e. The Hall–Kier alpha value is -1.82. The summed E-state index contributed by atoms with van der Waals surface area (Å²) in [7, 11) is -2.17. The Morgan fingerprint density at radius 3 is 2.50 bits per heavy atom. The number of allylic oxidation sites excluding steroid dienone is 1. The molecule has 1 aliphatic heterocycles. The molecule has 22 heavy (non-hydrogen) atoms. The van der Waals surface area contributed by atoms with E-state index >= 15 is 0 Å². The molecule has 3 aliphatic rings. The van der Waals surface area contributed by atoms with Crippen molar-refractivity contribution in [2.45, 2.75) is 36.6 Å². The first kappa shape index (κ1) is 13.8. The zero-order valence-electron chi connectivity index (χ0n) is 12.4. The number of likely N-dealkylation sites (N-methyl/N-ethyl adjacent to an activating group) is 1. The van der Waals surface area contributed by atoms with Crippen LogP contribution in [0.2, 0.25) is 0 Å². The van der Waals surface area contributed by atoms with E-state index in [0.29, 0.717) is 22.1 Å². The minimum atomic E-state index is -3.65. The van der Waals surface area contributed by atoms with E-state index in [1.807, 2.05) is 12.1 Å². The molecular formula is C16H18N2O3S. The monoisotopic (exact) mass is 318 g/mol. The summed E-state index contributed by atoms with van der Waals surface area (Å²) in [6.07, 6.45) is 3.98. The number of carbonyl (C=O) groups is 1. The Balaban J connectivity index is 1.92. The van der Waals surface area contributed by atoms with Crippen molar-refractivity contribution in [2.75, 3.05) is 7.05 Å². The van der Waals surface area contributed by atoms with Gasteiger partial charge in [0.1, 0.15) is 5.70 Å². The van der Waals surface area contributed by atoms with Gasteiger partial charge in [-0.05, 0) is 43.2 Å². The van der Waals surface area contributed by atoms with Crippen molar-refractivity contribution in [1.82, 2.24) is 9.62 Å². The van der Waals surface area contributed by atoms with Gasteiger partial charge in [-0.2, -0.15) is 0 Å². The second kappa shape index (κ2) is 4.59. The highest BCUT2D eigenvalue weighted by Gasteiger charge is 2.43. The van der Waals surface area contributed by atoms with Crippen LogP contribution in [0.15, 0.2) is 34.9 Å². The van der Waals surface area contributed by atoms with Crippen LogP contribution >= 0.6 is 0 Å². The van der Waals surface area contributed by atoms with Crippen LogP contribution in [0.5, 0.6) is 0 Å². The predicted molar refractivity (Wildman–Crippen MR) is 82.2 cm³/mol. The number of hydrogen-bond donors (Lipinski definition) is 1. The number of nitrogens with one attached hydrogen (secondary N) is 1. The van der Waals surface area contributed by atoms with Crippen LogP contribution in [0.1, 0.15) is 31.2 Å². The molecule has 0 spiro atoms. The molecule has 2 saturated carbocycles. The van der Waals surface area contributed by atoms with E-state index in [-0.39, 0.29) is 11.9 Å². The first-order chi connectivity index (χ1) is 10.5. The molecular weight excluding hydrogens is 300 g/mol. The highest BCUT2D eigenvalue weighted by molar-refractivity contribution is 7.89. The fourth-order valence-electron chi connectivity index (χ4n) is 3.01. The van der Waals surface area contributed by atoms with E-state index in [1.54, 1.807) is 12.1 Å². The van der Waals surface area contributed by atoms with Crippen LogP contribution in [-0.4, -0.2) is 31.7 Å². The summed E-state index contributed by atoms with van der Waals surface area (Å²) in [5.74, 6) is 0.0315. The number of fused-ring (bicyclic) bond motifs is 1. The van der Waals surface area contributed by atoms with Gasteiger partial charge in [0.15, 0.2) is 0 Å². The highest BCUT2D eigenvalue weighted by Crippen LogP contribution is 2.48. The van der Waals surface area contributed by atoms with Gasteiger partial charge < -0.3 is 5.32 Å². The van der Waals surface area contributed by atoms with Crippen LogP contribution in [-0.2, 0) is 14.8 Å². The van der Waals surface area contributed by atoms with Gasteiger partial charge in [0, 0.05) is 18.7 Å². The number of benzene rings is 1. The topological polar surface area (TPSA) is 66.5 Å². The lowest BCUT2D eigenvalue weighted by atomic mass is 9.98. The normalized spacial score (nSPS) is 23.2. The summed E-state index contributed by atoms with van der Waals surface area (Å²) in [5.41, 5.74) is 1.91. The third kappa shape index (κ3) is 2.05. The Kier molecular flexibility index (Phi) is 2.88. The molecule has 2 aliphatic carbocycles. The van der Waals surface area contributed by atoms with Crippen molar-refractivity contribution in [3.63, 3.8) is 0 Å². The van der Waals surface area contributed by atoms with Crippen molar-refractivity contribution < 1.29 is 13.2 Å². The average molecular weight is 318 g/mol. The molecule has 116 valence electrons. The summed E-state index contributed by atoms with van der Waals surface area (Å²) in [4.78, 5) is 12.9. The summed E-state index contributed by atoms with van der Waals surface area (Å²) < 4.78 is 26.6. The molecule has 0 unspecified atom stereocenters. The average Bonchev–Trinajstić information content (AvgIpc) is 3.36. The highest BCUT2D eigenvalue weighted by atomic mass is 32.2. The van der Waals surface area contributed by atoms with Crippen molar-refractivity contribution in [2.24, 2.45) is 5.92 Å². The van der Waals surface area contributed by atoms with Gasteiger partial charge in [-0.3, -0.25) is 9.10 Å². The van der Waals surface area contributed by atoms with Crippen molar-refractivity contribution >= 4 is 21.5 Å². The first-order valence-corrected chi connectivity index (χ1v) is 9.07. The van der Waals surface area contributed by atoms with E-state index in [2.05, 4.69) is 5.32 Å². The van der Waals surface area contributed by atoms with Crippen LogP contribution < -0.4 is 5.32 Å². The van der Waals surface area contributed by atoms with Gasteiger partial charge in [0.25, 0.3) is 15.9 Å². The molecule has 5 nitrogen and oxygen atoms in total. The van der Waals surface area contributed by atoms with Crippen LogP contribution in [0.25, 0.3) is 5.57 Å². The second-order valence-electron chi connectivity index (χ2n) is 6.25. The predicted octanol–water partition coefficient (Wildman–Crippen LogP) is 1.72. The lowest BCUT2D eigenvalue weighted by Gasteiger charge is -2.31. The maximum atomic E-state index is 12.7. The van der Waals surface area contributed by atoms with Gasteiger partial charge in [0.2, 0.25) is 0 Å². The fourth-order valence-corrected chi connectivity index (χ4v) is 4.43. The minimum absolute atomic E-state index is 0.203.